The van der Waals surface area contributed by atoms with Gasteiger partial charge in [0, 0.05) is 50.4 Å². The number of anilines is 6. The lowest BCUT2D eigenvalue weighted by molar-refractivity contribution is 0.414. The van der Waals surface area contributed by atoms with Gasteiger partial charge >= 0.3 is 0 Å². The standard InChI is InChI=1S/C79H72N2O2/c1-49-37-50(2)40-61(39-49)80(57-21-27-63(82-11)28-22-57)59-25-35-69-67-33-19-55(45-73(67)78(7,8)75(69)47-59)15-13-53-17-31-65-66-32-18-54(44-72(66)77(5,6)71(65)43-53)14-16-56-20-34-68-70-36-26-60(48-76(70)79(9,10)74(68)46-56)81(58-23-29-64(83-12)30-24-58)62-41-51(3)38-52(4)42-62/h13-48H,1-12H3. The van der Waals surface area contributed by atoms with Gasteiger partial charge in [0.1, 0.15) is 11.5 Å². The van der Waals surface area contributed by atoms with E-state index in [2.05, 4.69) is 273 Å². The van der Waals surface area contributed by atoms with Crippen molar-refractivity contribution < 1.29 is 9.47 Å². The number of hydrogen-bond donors (Lipinski definition) is 0. The van der Waals surface area contributed by atoms with E-state index in [9.17, 15) is 0 Å². The van der Waals surface area contributed by atoms with Crippen LogP contribution in [0.1, 0.15) is 119 Å². The third-order valence-corrected chi connectivity index (χ3v) is 18.1. The molecule has 0 aliphatic heterocycles. The number of methoxy groups -OCH3 is 2. The van der Waals surface area contributed by atoms with E-state index in [4.69, 9.17) is 9.47 Å². The van der Waals surface area contributed by atoms with Crippen LogP contribution in [-0.4, -0.2) is 14.2 Å². The molecule has 0 atom stereocenters. The Hall–Kier alpha value is -9.12. The summed E-state index contributed by atoms with van der Waals surface area (Å²) in [7, 11) is 3.43. The highest BCUT2D eigenvalue weighted by atomic mass is 16.5. The summed E-state index contributed by atoms with van der Waals surface area (Å²) in [6.07, 6.45) is 9.16. The van der Waals surface area contributed by atoms with Crippen LogP contribution in [0.25, 0.3) is 57.7 Å². The molecule has 10 aromatic rings. The Labute approximate surface area is 491 Å². The molecule has 3 aliphatic carbocycles. The molecular formula is C79H72N2O2. The second-order valence-corrected chi connectivity index (χ2v) is 25.0. The number of benzene rings is 10. The third kappa shape index (κ3) is 9.26. The summed E-state index contributed by atoms with van der Waals surface area (Å²) in [5.74, 6) is 1.69. The van der Waals surface area contributed by atoms with Crippen molar-refractivity contribution in [3.8, 4) is 44.9 Å². The normalized spacial score (nSPS) is 14.5. The fraction of sp³-hybridized carbons (Fsp3) is 0.190. The lowest BCUT2D eigenvalue weighted by atomic mass is 9.81. The summed E-state index contributed by atoms with van der Waals surface area (Å²) >= 11 is 0. The summed E-state index contributed by atoms with van der Waals surface area (Å²) in [6.45, 7) is 23.0. The maximum atomic E-state index is 5.55. The van der Waals surface area contributed by atoms with Crippen molar-refractivity contribution in [2.24, 2.45) is 0 Å². The van der Waals surface area contributed by atoms with E-state index in [0.717, 1.165) is 45.6 Å². The Bertz CT molecular complexity index is 3990. The molecule has 0 radical (unpaired) electrons. The van der Waals surface area contributed by atoms with Crippen LogP contribution in [-0.2, 0) is 16.2 Å². The van der Waals surface area contributed by atoms with Gasteiger partial charge in [-0.1, -0.05) is 163 Å². The third-order valence-electron chi connectivity index (χ3n) is 18.1. The van der Waals surface area contributed by atoms with Crippen LogP contribution in [0, 0.1) is 27.7 Å². The molecule has 0 saturated carbocycles. The van der Waals surface area contributed by atoms with Crippen molar-refractivity contribution >= 4 is 58.4 Å². The van der Waals surface area contributed by atoms with Crippen LogP contribution in [0.15, 0.2) is 194 Å². The number of rotatable bonds is 12. The molecule has 4 heteroatoms. The van der Waals surface area contributed by atoms with Crippen molar-refractivity contribution in [2.45, 2.75) is 85.5 Å². The monoisotopic (exact) mass is 1080 g/mol. The topological polar surface area (TPSA) is 24.9 Å². The van der Waals surface area contributed by atoms with Gasteiger partial charge in [-0.2, -0.15) is 0 Å². The molecule has 0 unspecified atom stereocenters. The molecule has 0 aromatic heterocycles. The smallest absolute Gasteiger partial charge is 0.119 e. The molecule has 0 N–H and O–H groups in total. The Kier molecular flexibility index (Phi) is 12.9. The first kappa shape index (κ1) is 53.2. The maximum absolute atomic E-state index is 5.55. The predicted octanol–water partition coefficient (Wildman–Crippen LogP) is 21.1. The number of fused-ring (bicyclic) bond motifs is 9. The molecule has 0 heterocycles. The Balaban J connectivity index is 0.731. The van der Waals surface area contributed by atoms with Crippen molar-refractivity contribution in [3.63, 3.8) is 0 Å². The van der Waals surface area contributed by atoms with Crippen molar-refractivity contribution in [1.29, 1.82) is 0 Å². The lowest BCUT2D eigenvalue weighted by Gasteiger charge is -2.28. The van der Waals surface area contributed by atoms with Crippen molar-refractivity contribution in [2.75, 3.05) is 24.0 Å². The Morgan fingerprint density at radius 2 is 0.506 bits per heavy atom. The Morgan fingerprint density at radius 1 is 0.265 bits per heavy atom. The van der Waals surface area contributed by atoms with Gasteiger partial charge in [-0.3, -0.25) is 0 Å². The molecule has 410 valence electrons. The molecule has 0 spiro atoms. The summed E-state index contributed by atoms with van der Waals surface area (Å²) in [6, 6.07) is 72.4. The quantitative estimate of drug-likeness (QED) is 0.114. The van der Waals surface area contributed by atoms with Gasteiger partial charge in [0.15, 0.2) is 0 Å². The van der Waals surface area contributed by atoms with E-state index in [1.54, 1.807) is 14.2 Å². The first-order valence-corrected chi connectivity index (χ1v) is 29.2. The van der Waals surface area contributed by atoms with E-state index in [0.29, 0.717) is 0 Å². The average molecular weight is 1080 g/mol. The van der Waals surface area contributed by atoms with Crippen LogP contribution in [0.4, 0.5) is 34.1 Å². The van der Waals surface area contributed by atoms with Gasteiger partial charge < -0.3 is 19.3 Å². The fourth-order valence-corrected chi connectivity index (χ4v) is 13.9. The maximum Gasteiger partial charge on any atom is 0.119 e. The molecule has 10 aromatic carbocycles. The van der Waals surface area contributed by atoms with Crippen LogP contribution < -0.4 is 19.3 Å². The number of aryl methyl sites for hydroxylation is 4. The zero-order valence-electron chi connectivity index (χ0n) is 50.0. The van der Waals surface area contributed by atoms with Crippen LogP contribution >= 0.6 is 0 Å². The van der Waals surface area contributed by atoms with E-state index in [1.807, 2.05) is 24.3 Å². The number of ether oxygens (including phenoxy) is 2. The molecule has 0 fully saturated rings. The highest BCUT2D eigenvalue weighted by Gasteiger charge is 2.39. The first-order valence-electron chi connectivity index (χ1n) is 29.2. The molecular weight excluding hydrogens is 1010 g/mol. The van der Waals surface area contributed by atoms with Gasteiger partial charge in [0.2, 0.25) is 0 Å². The van der Waals surface area contributed by atoms with E-state index >= 15 is 0 Å². The summed E-state index contributed by atoms with van der Waals surface area (Å²) in [5.41, 5.74) is 31.9. The van der Waals surface area contributed by atoms with Gasteiger partial charge in [-0.05, 0) is 236 Å². The van der Waals surface area contributed by atoms with Crippen molar-refractivity contribution in [3.05, 3.63) is 272 Å². The Morgan fingerprint density at radius 3 is 0.771 bits per heavy atom. The minimum atomic E-state index is -0.198. The van der Waals surface area contributed by atoms with E-state index < -0.39 is 0 Å². The van der Waals surface area contributed by atoms with E-state index in [-0.39, 0.29) is 16.2 Å². The minimum Gasteiger partial charge on any atom is -0.497 e. The highest BCUT2D eigenvalue weighted by Crippen LogP contribution is 2.54. The lowest BCUT2D eigenvalue weighted by Crippen LogP contribution is -2.17. The first-order chi connectivity index (χ1) is 39.9. The minimum absolute atomic E-state index is 0.162. The SMILES string of the molecule is COc1ccc(N(c2cc(C)cc(C)c2)c2ccc3c(c2)C(C)(C)c2cc(C=Cc4ccc5c(c4)C(C)(C)c4cc(C=Cc6ccc7c(c6)C(C)(C)c6cc(N(c8ccc(OC)cc8)c8cc(C)cc(C)c8)ccc6-7)ccc4-5)ccc2-3)cc1. The zero-order chi connectivity index (χ0) is 57.7. The molecule has 83 heavy (non-hydrogen) atoms. The molecule has 0 amide bonds. The molecule has 3 aliphatic rings. The summed E-state index contributed by atoms with van der Waals surface area (Å²) in [4.78, 5) is 4.74. The van der Waals surface area contributed by atoms with Crippen LogP contribution in [0.2, 0.25) is 0 Å². The second-order valence-electron chi connectivity index (χ2n) is 25.0. The molecule has 4 nitrogen and oxygen atoms in total. The molecule has 0 bridgehead atoms. The summed E-state index contributed by atoms with van der Waals surface area (Å²) in [5, 5.41) is 0. The number of hydrogen-bond acceptors (Lipinski definition) is 4. The largest absolute Gasteiger partial charge is 0.497 e. The highest BCUT2D eigenvalue weighted by molar-refractivity contribution is 5.90. The van der Waals surface area contributed by atoms with Gasteiger partial charge in [-0.25, -0.2) is 0 Å². The second kappa shape index (κ2) is 20.1. The zero-order valence-corrected chi connectivity index (χ0v) is 50.0. The fourth-order valence-electron chi connectivity index (χ4n) is 13.9. The van der Waals surface area contributed by atoms with Crippen LogP contribution in [0.5, 0.6) is 11.5 Å². The van der Waals surface area contributed by atoms with Gasteiger partial charge in [0.05, 0.1) is 14.2 Å². The van der Waals surface area contributed by atoms with Crippen molar-refractivity contribution in [1.82, 2.24) is 0 Å². The molecule has 13 rings (SSSR count). The van der Waals surface area contributed by atoms with Gasteiger partial charge in [0.25, 0.3) is 0 Å². The summed E-state index contributed by atoms with van der Waals surface area (Å²) < 4.78 is 11.1. The molecule has 0 saturated heterocycles. The van der Waals surface area contributed by atoms with Crippen LogP contribution in [0.3, 0.4) is 0 Å². The predicted molar refractivity (Wildman–Crippen MR) is 351 cm³/mol. The van der Waals surface area contributed by atoms with Gasteiger partial charge in [-0.15, -0.1) is 0 Å². The van der Waals surface area contributed by atoms with E-state index in [1.165, 1.54) is 111 Å². The average Bonchev–Trinajstić information content (AvgIpc) is 1.92. The number of nitrogens with zero attached hydrogens (tertiary/aromatic N) is 2.